The van der Waals surface area contributed by atoms with Crippen LogP contribution < -0.4 is 17.2 Å². The number of carboxylic acid groups (broad SMARTS) is 2. The number of anilines is 4. The highest BCUT2D eigenvalue weighted by atomic mass is 32.2. The van der Waals surface area contributed by atoms with Gasteiger partial charge in [-0.15, -0.1) is 0 Å². The van der Waals surface area contributed by atoms with E-state index in [0.29, 0.717) is 8.61 Å². The zero-order valence-corrected chi connectivity index (χ0v) is 49.4. The molecule has 0 saturated heterocycles. The van der Waals surface area contributed by atoms with Gasteiger partial charge < -0.3 is 19.7 Å². The number of pyridine rings is 2. The molecule has 0 radical (unpaired) electrons. The summed E-state index contributed by atoms with van der Waals surface area (Å²) in [5.74, 6) is -4.85. The Hall–Kier alpha value is -8.98. The Bertz CT molecular complexity index is 3960. The number of aliphatic carboxylic acids is 2. The minimum atomic E-state index is -4.42. The quantitative estimate of drug-likeness (QED) is 0.0612. The van der Waals surface area contributed by atoms with E-state index >= 15 is 0 Å². The number of aromatic nitrogens is 2. The zero-order chi connectivity index (χ0) is 61.3. The average Bonchev–Trinajstić information content (AvgIpc) is 1.12. The third-order valence-electron chi connectivity index (χ3n) is 12.7. The van der Waals surface area contributed by atoms with Gasteiger partial charge in [-0.1, -0.05) is 119 Å². The number of hydrogen-bond acceptors (Lipinski definition) is 16. The highest BCUT2D eigenvalue weighted by Gasteiger charge is 2.36. The van der Waals surface area contributed by atoms with Gasteiger partial charge in [0, 0.05) is 21.5 Å². The Morgan fingerprint density at radius 1 is 0.381 bits per heavy atom. The van der Waals surface area contributed by atoms with Gasteiger partial charge in [0.15, 0.2) is 11.6 Å². The molecular formula is C58H58N6O16S4. The number of carbonyl (C=O) groups excluding carboxylic acids is 2. The van der Waals surface area contributed by atoms with Crippen molar-refractivity contribution in [2.24, 2.45) is 0 Å². The largest absolute Gasteiger partial charge is 0.480 e. The first kappa shape index (κ1) is 62.6. The lowest BCUT2D eigenvalue weighted by atomic mass is 10.1. The second kappa shape index (κ2) is 26.1. The summed E-state index contributed by atoms with van der Waals surface area (Å²) in [7, 11) is -17.5. The van der Waals surface area contributed by atoms with Crippen LogP contribution in [0.2, 0.25) is 0 Å². The maximum absolute atomic E-state index is 14.0. The van der Waals surface area contributed by atoms with Crippen LogP contribution in [0.5, 0.6) is 0 Å². The van der Waals surface area contributed by atoms with Crippen molar-refractivity contribution >= 4 is 109 Å². The normalized spacial score (nSPS) is 11.7. The van der Waals surface area contributed by atoms with E-state index in [9.17, 15) is 63.1 Å². The molecule has 2 heterocycles. The standard InChI is InChI=1S/C31H33N3O8S2.C27H25N3O8S2/c1-5-41-29(35)20-33(43(37,38)24-15-11-22(3)12-16-24)28-19-32-31(27-10-8-7-9-26(27)28)34(21-30(36)42-6-2)44(39,40)25-17-13-23(4)14-18-25;1-18-7-11-20(12-8-18)39(35,36)29(16-25(31)32)24-15-28-27(23-6-4-3-5-22(23)24)30(17-26(33)34)40(37,38)21-13-9-19(2)10-14-21/h7-19H,5-6,20-21H2,1-4H3;3-15H,16-17H2,1-2H3,(H,31,32)(H,33,34). The van der Waals surface area contributed by atoms with E-state index in [1.807, 2.05) is 13.8 Å². The van der Waals surface area contributed by atoms with Gasteiger partial charge in [0.25, 0.3) is 40.1 Å². The number of aryl methyl sites for hydroxylation is 4. The van der Waals surface area contributed by atoms with Gasteiger partial charge in [-0.05, 0) is 90.1 Å². The van der Waals surface area contributed by atoms with Gasteiger partial charge in [-0.2, -0.15) is 0 Å². The molecule has 6 aromatic carbocycles. The Kier molecular flexibility index (Phi) is 19.4. The van der Waals surface area contributed by atoms with Gasteiger partial charge in [0.2, 0.25) is 0 Å². The molecule has 8 rings (SSSR count). The summed E-state index contributed by atoms with van der Waals surface area (Å²) in [5.41, 5.74) is 3.17. The Morgan fingerprint density at radius 3 is 0.929 bits per heavy atom. The van der Waals surface area contributed by atoms with E-state index in [1.54, 1.807) is 113 Å². The molecule has 8 aromatic rings. The van der Waals surface area contributed by atoms with E-state index in [-0.39, 0.29) is 77.4 Å². The number of hydrogen-bond donors (Lipinski definition) is 2. The zero-order valence-electron chi connectivity index (χ0n) is 46.2. The van der Waals surface area contributed by atoms with Crippen LogP contribution in [0.3, 0.4) is 0 Å². The van der Waals surface area contributed by atoms with Crippen molar-refractivity contribution in [3.05, 3.63) is 180 Å². The molecule has 0 aliphatic heterocycles. The lowest BCUT2D eigenvalue weighted by Crippen LogP contribution is -2.38. The van der Waals surface area contributed by atoms with Crippen LogP contribution in [0.15, 0.2) is 178 Å². The number of ether oxygens (including phenoxy) is 2. The SMILES string of the molecule is CCOC(=O)CN(c1cnc(N(CC(=O)OCC)S(=O)(=O)c2ccc(C)cc2)c2ccccc12)S(=O)(=O)c1ccc(C)cc1.Cc1ccc(S(=O)(=O)N(CC(=O)O)c2cnc(N(CC(=O)O)S(=O)(=O)c3ccc(C)cc3)c3ccccc23)cc1. The molecule has 22 nitrogen and oxygen atoms in total. The van der Waals surface area contributed by atoms with Crippen LogP contribution >= 0.6 is 0 Å². The van der Waals surface area contributed by atoms with Crippen molar-refractivity contribution in [1.82, 2.24) is 9.97 Å². The van der Waals surface area contributed by atoms with Crippen LogP contribution in [-0.4, -0.2) is 117 Å². The van der Waals surface area contributed by atoms with Crippen molar-refractivity contribution in [3.8, 4) is 0 Å². The molecule has 0 fully saturated rings. The van der Waals surface area contributed by atoms with E-state index in [1.165, 1.54) is 66.9 Å². The summed E-state index contributed by atoms with van der Waals surface area (Å²) in [4.78, 5) is 57.1. The number of nitrogens with zero attached hydrogens (tertiary/aromatic N) is 6. The highest BCUT2D eigenvalue weighted by Crippen LogP contribution is 2.39. The second-order valence-electron chi connectivity index (χ2n) is 18.7. The molecule has 2 aromatic heterocycles. The van der Waals surface area contributed by atoms with E-state index < -0.39 is 90.1 Å². The molecule has 2 N–H and O–H groups in total. The fourth-order valence-electron chi connectivity index (χ4n) is 8.51. The highest BCUT2D eigenvalue weighted by molar-refractivity contribution is 7.93. The molecule has 0 atom stereocenters. The number of fused-ring (bicyclic) bond motifs is 2. The topological polar surface area (TPSA) is 302 Å². The third-order valence-corrected chi connectivity index (χ3v) is 19.7. The Balaban J connectivity index is 0.000000242. The summed E-state index contributed by atoms with van der Waals surface area (Å²) in [6.45, 7) is 7.19. The molecule has 0 bridgehead atoms. The molecule has 84 heavy (non-hydrogen) atoms. The van der Waals surface area contributed by atoms with Crippen molar-refractivity contribution < 1.29 is 72.5 Å². The molecule has 0 unspecified atom stereocenters. The summed E-state index contributed by atoms with van der Waals surface area (Å²) in [6, 6.07) is 36.4. The second-order valence-corrected chi connectivity index (χ2v) is 26.2. The smallest absolute Gasteiger partial charge is 0.326 e. The number of esters is 2. The van der Waals surface area contributed by atoms with Crippen molar-refractivity contribution in [2.45, 2.75) is 61.1 Å². The minimum absolute atomic E-state index is 0.0156. The molecule has 26 heteroatoms. The molecule has 0 spiro atoms. The predicted octanol–water partition coefficient (Wildman–Crippen LogP) is 7.78. The fraction of sp³-hybridized carbons (Fsp3) is 0.207. The Labute approximate surface area is 486 Å². The first-order valence-corrected chi connectivity index (χ1v) is 31.4. The van der Waals surface area contributed by atoms with Gasteiger partial charge in [0.05, 0.1) is 56.6 Å². The molecule has 0 aliphatic carbocycles. The Morgan fingerprint density at radius 2 is 0.631 bits per heavy atom. The van der Waals surface area contributed by atoms with E-state index in [2.05, 4.69) is 9.97 Å². The average molecular weight is 1220 g/mol. The predicted molar refractivity (Wildman–Crippen MR) is 315 cm³/mol. The number of sulfonamides is 4. The van der Waals surface area contributed by atoms with Gasteiger partial charge >= 0.3 is 23.9 Å². The number of carbonyl (C=O) groups is 4. The van der Waals surface area contributed by atoms with Gasteiger partial charge in [0.1, 0.15) is 26.2 Å². The summed E-state index contributed by atoms with van der Waals surface area (Å²) < 4.78 is 123. The molecule has 0 aliphatic rings. The van der Waals surface area contributed by atoms with Crippen LogP contribution in [0.25, 0.3) is 21.5 Å². The summed E-state index contributed by atoms with van der Waals surface area (Å²) in [6.07, 6.45) is 2.21. The van der Waals surface area contributed by atoms with Crippen molar-refractivity contribution in [2.75, 3.05) is 56.6 Å². The van der Waals surface area contributed by atoms with Crippen molar-refractivity contribution in [1.29, 1.82) is 0 Å². The number of carboxylic acids is 2. The van der Waals surface area contributed by atoms with Gasteiger partial charge in [-0.25, -0.2) is 52.2 Å². The first-order chi connectivity index (χ1) is 39.7. The minimum Gasteiger partial charge on any atom is -0.480 e. The maximum atomic E-state index is 14.0. The lowest BCUT2D eigenvalue weighted by molar-refractivity contribution is -0.142. The molecule has 0 saturated carbocycles. The maximum Gasteiger partial charge on any atom is 0.326 e. The monoisotopic (exact) mass is 1220 g/mol. The van der Waals surface area contributed by atoms with Crippen LogP contribution in [0, 0.1) is 27.7 Å². The first-order valence-electron chi connectivity index (χ1n) is 25.6. The van der Waals surface area contributed by atoms with E-state index in [4.69, 9.17) is 9.47 Å². The fourth-order valence-corrected chi connectivity index (χ4v) is 14.1. The third kappa shape index (κ3) is 13.9. The molecule has 0 amide bonds. The van der Waals surface area contributed by atoms with Crippen LogP contribution in [-0.2, 0) is 68.7 Å². The summed E-state index contributed by atoms with van der Waals surface area (Å²) >= 11 is 0. The summed E-state index contributed by atoms with van der Waals surface area (Å²) in [5, 5.41) is 19.9. The lowest BCUT2D eigenvalue weighted by Gasteiger charge is -2.27. The molecule has 440 valence electrons. The van der Waals surface area contributed by atoms with Crippen molar-refractivity contribution in [3.63, 3.8) is 0 Å². The number of rotatable bonds is 22. The van der Waals surface area contributed by atoms with Crippen LogP contribution in [0.4, 0.5) is 23.0 Å². The van der Waals surface area contributed by atoms with E-state index in [0.717, 1.165) is 37.1 Å². The number of benzene rings is 6. The van der Waals surface area contributed by atoms with Crippen LogP contribution in [0.1, 0.15) is 36.1 Å². The molecular weight excluding hydrogens is 1160 g/mol. The van der Waals surface area contributed by atoms with Gasteiger partial charge in [-0.3, -0.25) is 27.8 Å².